The molecule has 0 aromatic carbocycles. The van der Waals surface area contributed by atoms with Crippen molar-refractivity contribution in [1.82, 2.24) is 30.7 Å². The number of rotatable bonds is 20. The lowest BCUT2D eigenvalue weighted by atomic mass is 10.3. The Kier molecular flexibility index (Phi) is 16.5. The Bertz CT molecular complexity index is 660. The second kappa shape index (κ2) is 18.9. The van der Waals surface area contributed by atoms with Crippen LogP contribution in [0.4, 0.5) is 0 Å². The second-order valence-electron chi connectivity index (χ2n) is 12.6. The monoisotopic (exact) mass is 632 g/mol. The molecular weight excluding hydrogens is 569 g/mol. The van der Waals surface area contributed by atoms with Crippen LogP contribution in [0, 0.1) is 0 Å². The van der Waals surface area contributed by atoms with Crippen molar-refractivity contribution in [3.8, 4) is 0 Å². The Morgan fingerprint density at radius 3 is 1.07 bits per heavy atom. The third-order valence-electron chi connectivity index (χ3n) is 8.71. The van der Waals surface area contributed by atoms with Crippen LogP contribution in [0.5, 0.6) is 0 Å². The van der Waals surface area contributed by atoms with Crippen molar-refractivity contribution in [2.45, 2.75) is 70.9 Å². The normalized spacial score (nSPS) is 24.5. The molecule has 41 heavy (non-hydrogen) atoms. The first-order valence-corrected chi connectivity index (χ1v) is 24.3. The summed E-state index contributed by atoms with van der Waals surface area (Å²) in [6.45, 7) is 29.3. The summed E-state index contributed by atoms with van der Waals surface area (Å²) in [6.07, 6.45) is 3.36. The van der Waals surface area contributed by atoms with Gasteiger partial charge in [-0.15, -0.1) is 0 Å². The minimum Gasteiger partial charge on any atom is -0.415 e. The molecule has 2 atom stereocenters. The smallest absolute Gasteiger partial charge is 0.326 e. The molecule has 0 saturated carbocycles. The molecule has 10 nitrogen and oxygen atoms in total. The first-order chi connectivity index (χ1) is 19.8. The fourth-order valence-corrected chi connectivity index (χ4v) is 20.5. The van der Waals surface area contributed by atoms with Gasteiger partial charge in [-0.1, -0.05) is 0 Å². The maximum Gasteiger partial charge on any atom is 0.326 e. The molecule has 0 bridgehead atoms. The van der Waals surface area contributed by atoms with E-state index in [0.717, 1.165) is 136 Å². The molecule has 2 unspecified atom stereocenters. The quantitative estimate of drug-likeness (QED) is 0.174. The zero-order valence-corrected chi connectivity index (χ0v) is 30.2. The Hall–Kier alpha value is 0.251. The molecule has 3 fully saturated rings. The first-order valence-electron chi connectivity index (χ1n) is 16.7. The van der Waals surface area contributed by atoms with Crippen LogP contribution in [0.25, 0.3) is 0 Å². The van der Waals surface area contributed by atoms with Crippen molar-refractivity contribution in [2.24, 2.45) is 0 Å². The first kappa shape index (κ1) is 35.7. The number of hydrogen-bond donors (Lipinski definition) is 3. The highest BCUT2D eigenvalue weighted by atomic mass is 28.5. The highest BCUT2D eigenvalue weighted by Crippen LogP contribution is 2.31. The summed E-state index contributed by atoms with van der Waals surface area (Å²) in [5.41, 5.74) is 0. The van der Waals surface area contributed by atoms with Crippen molar-refractivity contribution < 1.29 is 17.1 Å². The lowest BCUT2D eigenvalue weighted by Gasteiger charge is -2.42. The molecule has 0 aromatic heterocycles. The fraction of sp³-hybridized carbons (Fsp3) is 1.00. The number of hydrogen-bond acceptors (Lipinski definition) is 10. The highest BCUT2D eigenvalue weighted by Gasteiger charge is 2.48. The third-order valence-corrected chi connectivity index (χ3v) is 21.2. The topological polar surface area (TPSA) is 82.7 Å². The zero-order chi connectivity index (χ0) is 29.4. The van der Waals surface area contributed by atoms with Crippen molar-refractivity contribution in [3.63, 3.8) is 0 Å². The molecule has 3 aliphatic rings. The summed E-state index contributed by atoms with van der Waals surface area (Å²) in [7, 11) is -7.41. The predicted octanol–water partition coefficient (Wildman–Crippen LogP) is 2.19. The maximum atomic E-state index is 7.29. The SMILES string of the molecule is CCO[Si](C)(CCCN1CCNCC1)O[Si](C)(CCCN1CCNCC1)O[Si](C)(CCCN1CCNCC1)OCC. The van der Waals surface area contributed by atoms with Crippen molar-refractivity contribution in [3.05, 3.63) is 0 Å². The van der Waals surface area contributed by atoms with Crippen LogP contribution < -0.4 is 16.0 Å². The molecule has 3 saturated heterocycles. The van der Waals surface area contributed by atoms with Gasteiger partial charge in [0.1, 0.15) is 0 Å². The van der Waals surface area contributed by atoms with E-state index >= 15 is 0 Å². The van der Waals surface area contributed by atoms with Gasteiger partial charge in [-0.25, -0.2) is 0 Å². The summed E-state index contributed by atoms with van der Waals surface area (Å²) in [6, 6.07) is 3.03. The molecular formula is C28H64N6O4Si3. The van der Waals surface area contributed by atoms with E-state index in [4.69, 9.17) is 17.1 Å². The highest BCUT2D eigenvalue weighted by molar-refractivity contribution is 6.85. The van der Waals surface area contributed by atoms with Gasteiger partial charge in [0.15, 0.2) is 0 Å². The van der Waals surface area contributed by atoms with E-state index in [1.807, 2.05) is 0 Å². The zero-order valence-electron chi connectivity index (χ0n) is 27.2. The Morgan fingerprint density at radius 1 is 0.488 bits per heavy atom. The van der Waals surface area contributed by atoms with E-state index in [9.17, 15) is 0 Å². The van der Waals surface area contributed by atoms with Crippen LogP contribution >= 0.6 is 0 Å². The minimum absolute atomic E-state index is 0.701. The molecule has 3 N–H and O–H groups in total. The largest absolute Gasteiger partial charge is 0.415 e. The second-order valence-corrected chi connectivity index (χ2v) is 23.1. The molecule has 0 aromatic rings. The van der Waals surface area contributed by atoms with Gasteiger partial charge >= 0.3 is 25.7 Å². The van der Waals surface area contributed by atoms with Crippen molar-refractivity contribution in [2.75, 3.05) is 111 Å². The Balaban J connectivity index is 1.65. The van der Waals surface area contributed by atoms with Gasteiger partial charge in [-0.2, -0.15) is 0 Å². The number of piperazine rings is 3. The lowest BCUT2D eigenvalue weighted by molar-refractivity contribution is 0.194. The van der Waals surface area contributed by atoms with Crippen LogP contribution in [0.15, 0.2) is 0 Å². The van der Waals surface area contributed by atoms with E-state index in [2.05, 4.69) is 64.1 Å². The Labute approximate surface area is 255 Å². The van der Waals surface area contributed by atoms with E-state index in [-0.39, 0.29) is 0 Å². The molecule has 3 rings (SSSR count). The van der Waals surface area contributed by atoms with Crippen LogP contribution in [0.1, 0.15) is 33.1 Å². The molecule has 13 heteroatoms. The standard InChI is InChI=1S/C28H64N6O4Si3/c1-6-35-39(3,26-8-17-32-20-11-29-12-21-32)37-41(5,28-10-19-34-24-15-31-16-25-34)38-40(4,36-7-2)27-9-18-33-22-13-30-14-23-33/h29-31H,6-28H2,1-5H3. The van der Waals surface area contributed by atoms with Gasteiger partial charge in [0.2, 0.25) is 0 Å². The summed E-state index contributed by atoms with van der Waals surface area (Å²) in [5.74, 6) is 0. The summed E-state index contributed by atoms with van der Waals surface area (Å²) < 4.78 is 27.6. The Morgan fingerprint density at radius 2 is 0.780 bits per heavy atom. The third kappa shape index (κ3) is 13.8. The van der Waals surface area contributed by atoms with Crippen LogP contribution in [0.2, 0.25) is 37.8 Å². The van der Waals surface area contributed by atoms with Gasteiger partial charge in [0.25, 0.3) is 0 Å². The predicted molar refractivity (Wildman–Crippen MR) is 176 cm³/mol. The van der Waals surface area contributed by atoms with Crippen molar-refractivity contribution in [1.29, 1.82) is 0 Å². The molecule has 0 spiro atoms. The van der Waals surface area contributed by atoms with E-state index in [1.165, 1.54) is 0 Å². The van der Waals surface area contributed by atoms with E-state index < -0.39 is 25.7 Å². The van der Waals surface area contributed by atoms with Crippen molar-refractivity contribution >= 4 is 25.7 Å². The van der Waals surface area contributed by atoms with Gasteiger partial charge in [-0.05, 0) is 90.5 Å². The van der Waals surface area contributed by atoms with Crippen LogP contribution in [-0.2, 0) is 17.1 Å². The molecule has 3 heterocycles. The van der Waals surface area contributed by atoms with Crippen LogP contribution in [0.3, 0.4) is 0 Å². The summed E-state index contributed by atoms with van der Waals surface area (Å²) in [4.78, 5) is 7.75. The number of nitrogens with zero attached hydrogens (tertiary/aromatic N) is 3. The average Bonchev–Trinajstić information content (AvgIpc) is 2.95. The minimum atomic E-state index is -2.57. The van der Waals surface area contributed by atoms with Crippen LogP contribution in [-0.4, -0.2) is 152 Å². The van der Waals surface area contributed by atoms with Gasteiger partial charge in [0.05, 0.1) is 0 Å². The van der Waals surface area contributed by atoms with E-state index in [1.54, 1.807) is 0 Å². The molecule has 242 valence electrons. The lowest BCUT2D eigenvalue weighted by Crippen LogP contribution is -2.58. The molecule has 0 aliphatic carbocycles. The van der Waals surface area contributed by atoms with E-state index in [0.29, 0.717) is 13.2 Å². The summed E-state index contributed by atoms with van der Waals surface area (Å²) >= 11 is 0. The van der Waals surface area contributed by atoms with Gasteiger partial charge in [0, 0.05) is 91.8 Å². The van der Waals surface area contributed by atoms with Gasteiger partial charge < -0.3 is 47.7 Å². The van der Waals surface area contributed by atoms with Gasteiger partial charge in [-0.3, -0.25) is 0 Å². The average molecular weight is 633 g/mol. The molecule has 3 aliphatic heterocycles. The molecule has 0 radical (unpaired) electrons. The maximum absolute atomic E-state index is 7.29. The fourth-order valence-electron chi connectivity index (χ4n) is 6.63. The summed E-state index contributed by atoms with van der Waals surface area (Å²) in [5, 5.41) is 10.4. The molecule has 0 amide bonds. The number of nitrogens with one attached hydrogen (secondary N) is 3.